The Balaban J connectivity index is 1.63. The highest BCUT2D eigenvalue weighted by Crippen LogP contribution is 2.28. The predicted octanol–water partition coefficient (Wildman–Crippen LogP) is 0.662. The Morgan fingerprint density at radius 1 is 0.840 bits per heavy atom. The lowest BCUT2D eigenvalue weighted by Gasteiger charge is -2.33. The summed E-state index contributed by atoms with van der Waals surface area (Å²) in [6.07, 6.45) is 7.55. The number of carbonyl (C=O) groups excluding carboxylic acids is 6. The smallest absolute Gasteiger partial charge is 0.242 e. The first-order valence-corrected chi connectivity index (χ1v) is 18.1. The van der Waals surface area contributed by atoms with Crippen LogP contribution in [0.4, 0.5) is 0 Å². The number of rotatable bonds is 19. The fraction of sp³-hybridized carbons (Fsp3) is 0.667. The van der Waals surface area contributed by atoms with Crippen LogP contribution in [0.3, 0.4) is 0 Å². The normalized spacial score (nSPS) is 17.6. The molecule has 3 atom stereocenters. The predicted molar refractivity (Wildman–Crippen MR) is 188 cm³/mol. The van der Waals surface area contributed by atoms with Crippen LogP contribution in [0.25, 0.3) is 0 Å². The zero-order valence-corrected chi connectivity index (χ0v) is 29.7. The molecule has 2 fully saturated rings. The minimum Gasteiger partial charge on any atom is -0.378 e. The number of ether oxygens (including phenoxy) is 1. The number of hydrogen-bond donors (Lipinski definition) is 6. The van der Waals surface area contributed by atoms with E-state index in [9.17, 15) is 28.8 Å². The van der Waals surface area contributed by atoms with Gasteiger partial charge in [-0.2, -0.15) is 0 Å². The topological polar surface area (TPSA) is 201 Å². The Morgan fingerprint density at radius 2 is 1.56 bits per heavy atom. The van der Waals surface area contributed by atoms with E-state index in [1.807, 2.05) is 12.1 Å². The Kier molecular flexibility index (Phi) is 17.7. The molecule has 1 saturated heterocycles. The van der Waals surface area contributed by atoms with Crippen molar-refractivity contribution in [1.82, 2.24) is 31.5 Å². The first-order valence-electron chi connectivity index (χ1n) is 18.1. The molecule has 1 aliphatic carbocycles. The Hall–Kier alpha value is -4.04. The molecule has 0 unspecified atom stereocenters. The Morgan fingerprint density at radius 3 is 2.26 bits per heavy atom. The number of carbonyl (C=O) groups is 6. The van der Waals surface area contributed by atoms with Gasteiger partial charge in [-0.25, -0.2) is 0 Å². The molecule has 0 bridgehead atoms. The van der Waals surface area contributed by atoms with Gasteiger partial charge in [-0.3, -0.25) is 28.8 Å². The maximum atomic E-state index is 13.7. The number of piperidine rings is 1. The highest BCUT2D eigenvalue weighted by Gasteiger charge is 2.32. The van der Waals surface area contributed by atoms with Crippen molar-refractivity contribution in [2.45, 2.75) is 96.7 Å². The van der Waals surface area contributed by atoms with E-state index in [0.717, 1.165) is 37.7 Å². The van der Waals surface area contributed by atoms with Gasteiger partial charge in [0.25, 0.3) is 0 Å². The number of likely N-dealkylation sites (tertiary alicyclic amines) is 1. The van der Waals surface area contributed by atoms with E-state index >= 15 is 0 Å². The zero-order chi connectivity index (χ0) is 36.3. The van der Waals surface area contributed by atoms with Gasteiger partial charge in [0.05, 0.1) is 25.6 Å². The molecule has 1 heterocycles. The van der Waals surface area contributed by atoms with E-state index in [0.29, 0.717) is 50.6 Å². The fourth-order valence-corrected chi connectivity index (χ4v) is 6.60. The van der Waals surface area contributed by atoms with Crippen molar-refractivity contribution in [2.24, 2.45) is 17.6 Å². The van der Waals surface area contributed by atoms with Crippen molar-refractivity contribution >= 4 is 35.4 Å². The van der Waals surface area contributed by atoms with Gasteiger partial charge in [-0.05, 0) is 42.7 Å². The molecule has 1 saturated carbocycles. The average molecular weight is 700 g/mol. The van der Waals surface area contributed by atoms with Crippen LogP contribution in [0.2, 0.25) is 0 Å². The number of hydrogen-bond acceptors (Lipinski definition) is 8. The molecule has 278 valence electrons. The second-order valence-corrected chi connectivity index (χ2v) is 13.4. The first kappa shape index (κ1) is 40.4. The van der Waals surface area contributed by atoms with Crippen molar-refractivity contribution in [3.63, 3.8) is 0 Å². The van der Waals surface area contributed by atoms with Gasteiger partial charge in [0.2, 0.25) is 35.4 Å². The lowest BCUT2D eigenvalue weighted by atomic mass is 9.84. The highest BCUT2D eigenvalue weighted by atomic mass is 16.5. The molecule has 3 rings (SSSR count). The van der Waals surface area contributed by atoms with Gasteiger partial charge in [-0.15, -0.1) is 0 Å². The van der Waals surface area contributed by atoms with Crippen LogP contribution in [-0.4, -0.2) is 98.4 Å². The minimum absolute atomic E-state index is 0.0356. The van der Waals surface area contributed by atoms with Gasteiger partial charge >= 0.3 is 0 Å². The van der Waals surface area contributed by atoms with Crippen molar-refractivity contribution in [3.8, 4) is 0 Å². The standard InChI is InChI=1S/C36H57N7O7/c1-25(44)38-16-14-31(35(48)39-17-20-50-19-15-37)41-33(46)22-28-11-6-7-12-29(28)23-40-36(49)32(21-27-9-4-3-5-10-27)42-34(47)30-13-8-18-43(24-30)26(2)45/h6-7,11-12,27,30-32H,3-5,8-10,13-24,37H2,1-2H3,(H,38,44)(H,39,48)(H,40,49)(H,41,46)(H,42,47)/t30-,31+,32+/m1/s1. The first-order chi connectivity index (χ1) is 24.1. The molecule has 1 aromatic rings. The molecular formula is C36H57N7O7. The minimum atomic E-state index is -0.883. The molecule has 14 nitrogen and oxygen atoms in total. The second kappa shape index (κ2) is 21.9. The fourth-order valence-electron chi connectivity index (χ4n) is 6.60. The molecule has 6 amide bonds. The summed E-state index contributed by atoms with van der Waals surface area (Å²) < 4.78 is 5.30. The SMILES string of the molecule is CC(=O)NCC[C@H](NC(=O)Cc1ccccc1CNC(=O)[C@H](CC1CCCCC1)NC(=O)[C@@H]1CCCN(C(C)=O)C1)C(=O)NCCOCCN. The van der Waals surface area contributed by atoms with Gasteiger partial charge in [0.15, 0.2) is 0 Å². The van der Waals surface area contributed by atoms with Crippen molar-refractivity contribution < 1.29 is 33.5 Å². The third kappa shape index (κ3) is 14.4. The summed E-state index contributed by atoms with van der Waals surface area (Å²) in [5.41, 5.74) is 6.84. The third-order valence-electron chi connectivity index (χ3n) is 9.35. The third-order valence-corrected chi connectivity index (χ3v) is 9.35. The summed E-state index contributed by atoms with van der Waals surface area (Å²) in [7, 11) is 0. The number of nitrogens with zero attached hydrogens (tertiary/aromatic N) is 1. The van der Waals surface area contributed by atoms with Crippen LogP contribution >= 0.6 is 0 Å². The average Bonchev–Trinajstić information content (AvgIpc) is 3.10. The summed E-state index contributed by atoms with van der Waals surface area (Å²) in [6.45, 7) is 5.49. The molecular weight excluding hydrogens is 642 g/mol. The van der Waals surface area contributed by atoms with Crippen molar-refractivity contribution in [3.05, 3.63) is 35.4 Å². The molecule has 0 radical (unpaired) electrons. The van der Waals surface area contributed by atoms with E-state index in [1.165, 1.54) is 20.3 Å². The monoisotopic (exact) mass is 699 g/mol. The molecule has 1 aromatic carbocycles. The highest BCUT2D eigenvalue weighted by molar-refractivity contribution is 5.90. The maximum Gasteiger partial charge on any atom is 0.242 e. The van der Waals surface area contributed by atoms with Gasteiger partial charge in [-0.1, -0.05) is 56.4 Å². The van der Waals surface area contributed by atoms with Crippen LogP contribution in [0.1, 0.15) is 82.8 Å². The lowest BCUT2D eigenvalue weighted by Crippen LogP contribution is -2.52. The maximum absolute atomic E-state index is 13.7. The van der Waals surface area contributed by atoms with Crippen LogP contribution in [-0.2, 0) is 46.5 Å². The van der Waals surface area contributed by atoms with Crippen molar-refractivity contribution in [2.75, 3.05) is 45.9 Å². The molecule has 7 N–H and O–H groups in total. The van der Waals surface area contributed by atoms with Gasteiger partial charge < -0.3 is 42.0 Å². The summed E-state index contributed by atoms with van der Waals surface area (Å²) in [6, 6.07) is 5.66. The molecule has 2 aliphatic rings. The van der Waals surface area contributed by atoms with E-state index in [2.05, 4.69) is 26.6 Å². The number of amides is 6. The largest absolute Gasteiger partial charge is 0.378 e. The molecule has 14 heteroatoms. The Labute approximate surface area is 295 Å². The van der Waals surface area contributed by atoms with Crippen LogP contribution in [0, 0.1) is 11.8 Å². The second-order valence-electron chi connectivity index (χ2n) is 13.4. The number of nitrogens with two attached hydrogens (primary N) is 1. The number of nitrogens with one attached hydrogen (secondary N) is 5. The van der Waals surface area contributed by atoms with Crippen LogP contribution in [0.15, 0.2) is 24.3 Å². The van der Waals surface area contributed by atoms with E-state index in [1.54, 1.807) is 17.0 Å². The van der Waals surface area contributed by atoms with Gasteiger partial charge in [0, 0.05) is 53.1 Å². The summed E-state index contributed by atoms with van der Waals surface area (Å²) in [4.78, 5) is 78.2. The summed E-state index contributed by atoms with van der Waals surface area (Å²) in [5, 5.41) is 14.2. The quantitative estimate of drug-likeness (QED) is 0.113. The molecule has 0 aromatic heterocycles. The number of benzene rings is 1. The van der Waals surface area contributed by atoms with Gasteiger partial charge in [0.1, 0.15) is 12.1 Å². The van der Waals surface area contributed by atoms with Crippen LogP contribution < -0.4 is 32.3 Å². The summed E-state index contributed by atoms with van der Waals surface area (Å²) in [5.74, 6) is -1.59. The van der Waals surface area contributed by atoms with E-state index < -0.39 is 18.0 Å². The summed E-state index contributed by atoms with van der Waals surface area (Å²) >= 11 is 0. The van der Waals surface area contributed by atoms with E-state index in [-0.39, 0.29) is 74.5 Å². The Bertz CT molecular complexity index is 1290. The molecule has 0 spiro atoms. The zero-order valence-electron chi connectivity index (χ0n) is 29.7. The van der Waals surface area contributed by atoms with Crippen molar-refractivity contribution in [1.29, 1.82) is 0 Å². The van der Waals surface area contributed by atoms with E-state index in [4.69, 9.17) is 10.5 Å². The lowest BCUT2D eigenvalue weighted by molar-refractivity contribution is -0.136. The molecule has 50 heavy (non-hydrogen) atoms. The van der Waals surface area contributed by atoms with Crippen LogP contribution in [0.5, 0.6) is 0 Å². The molecule has 1 aliphatic heterocycles.